The van der Waals surface area contributed by atoms with E-state index < -0.39 is 12.0 Å². The average molecular weight is 478 g/mol. The van der Waals surface area contributed by atoms with Gasteiger partial charge in [0.1, 0.15) is 24.2 Å². The van der Waals surface area contributed by atoms with Crippen molar-refractivity contribution in [2.75, 3.05) is 0 Å². The molecule has 2 aliphatic rings. The summed E-state index contributed by atoms with van der Waals surface area (Å²) < 4.78 is 25.6. The predicted octanol–water partition coefficient (Wildman–Crippen LogP) is 4.05. The first-order chi connectivity index (χ1) is 16.6. The van der Waals surface area contributed by atoms with Gasteiger partial charge in [-0.2, -0.15) is 5.26 Å². The molecule has 1 fully saturated rings. The number of nitrogens with zero attached hydrogens (tertiary/aromatic N) is 2. The summed E-state index contributed by atoms with van der Waals surface area (Å²) in [6, 6.07) is 17.8. The van der Waals surface area contributed by atoms with Crippen LogP contribution in [-0.4, -0.2) is 11.2 Å². The first-order valence-electron chi connectivity index (χ1n) is 10.7. The van der Waals surface area contributed by atoms with E-state index >= 15 is 0 Å². The van der Waals surface area contributed by atoms with Crippen molar-refractivity contribution in [2.45, 2.75) is 24.8 Å². The highest BCUT2D eigenvalue weighted by atomic mass is 35.5. The topological polar surface area (TPSA) is 105 Å². The summed E-state index contributed by atoms with van der Waals surface area (Å²) in [6.45, 7) is 0.00107. The van der Waals surface area contributed by atoms with Gasteiger partial charge in [0.05, 0.1) is 16.6 Å². The molecule has 3 aromatic rings. The highest BCUT2D eigenvalue weighted by Crippen LogP contribution is 2.47. The van der Waals surface area contributed by atoms with E-state index in [1.54, 1.807) is 36.7 Å². The number of aromatic nitrogens is 1. The van der Waals surface area contributed by atoms with E-state index in [-0.39, 0.29) is 30.4 Å². The molecule has 0 amide bonds. The lowest BCUT2D eigenvalue weighted by molar-refractivity contribution is 0.0340. The van der Waals surface area contributed by atoms with E-state index in [4.69, 9.17) is 26.8 Å². The van der Waals surface area contributed by atoms with Crippen LogP contribution < -0.4 is 21.3 Å². The first kappa shape index (κ1) is 22.2. The molecule has 5 rings (SSSR count). The summed E-state index contributed by atoms with van der Waals surface area (Å²) >= 11 is 6.09. The molecule has 1 saturated heterocycles. The molecule has 4 unspecified atom stereocenters. The number of benzene rings is 2. The number of allylic oxidation sites excluding steroid dienone is 1. The van der Waals surface area contributed by atoms with Crippen molar-refractivity contribution in [3.8, 4) is 11.8 Å². The molecule has 4 N–H and O–H groups in total. The monoisotopic (exact) mass is 477 g/mol. The van der Waals surface area contributed by atoms with Crippen LogP contribution in [0.4, 0.5) is 4.39 Å². The van der Waals surface area contributed by atoms with Crippen LogP contribution >= 0.6 is 11.6 Å². The van der Waals surface area contributed by atoms with Gasteiger partial charge >= 0.3 is 0 Å². The maximum atomic E-state index is 14.0. The molecule has 2 aliphatic heterocycles. The molecule has 7 nitrogen and oxygen atoms in total. The fourth-order valence-corrected chi connectivity index (χ4v) is 4.76. The van der Waals surface area contributed by atoms with Gasteiger partial charge in [-0.15, -0.1) is 0 Å². The molecular weight excluding hydrogens is 457 g/mol. The number of nitriles is 1. The van der Waals surface area contributed by atoms with Gasteiger partial charge in [0, 0.05) is 29.8 Å². The van der Waals surface area contributed by atoms with Crippen molar-refractivity contribution in [3.05, 3.63) is 106 Å². The lowest BCUT2D eigenvalue weighted by atomic mass is 9.74. The quantitative estimate of drug-likeness (QED) is 0.509. The number of halogens is 2. The second-order valence-corrected chi connectivity index (χ2v) is 8.50. The molecule has 0 saturated carbocycles. The second kappa shape index (κ2) is 9.31. The fourth-order valence-electron chi connectivity index (χ4n) is 4.55. The van der Waals surface area contributed by atoms with Crippen molar-refractivity contribution in [3.63, 3.8) is 0 Å². The predicted molar refractivity (Wildman–Crippen MR) is 123 cm³/mol. The van der Waals surface area contributed by atoms with Crippen LogP contribution in [0.25, 0.3) is 0 Å². The van der Waals surface area contributed by atoms with E-state index in [1.165, 1.54) is 6.07 Å². The molecular formula is C25H21ClFN5O2. The summed E-state index contributed by atoms with van der Waals surface area (Å²) in [4.78, 5) is 4.09. The van der Waals surface area contributed by atoms with E-state index in [2.05, 4.69) is 21.9 Å². The third kappa shape index (κ3) is 4.05. The number of fused-ring (bicyclic) bond motifs is 1. The van der Waals surface area contributed by atoms with Crippen molar-refractivity contribution in [2.24, 2.45) is 11.7 Å². The Morgan fingerprint density at radius 3 is 2.56 bits per heavy atom. The van der Waals surface area contributed by atoms with Gasteiger partial charge in [-0.05, 0) is 47.5 Å². The van der Waals surface area contributed by atoms with Crippen molar-refractivity contribution in [1.82, 2.24) is 15.8 Å². The highest BCUT2D eigenvalue weighted by Gasteiger charge is 2.49. The first-order valence-corrected chi connectivity index (χ1v) is 11.1. The van der Waals surface area contributed by atoms with Crippen LogP contribution in [0.2, 0.25) is 5.02 Å². The number of hydrogen-bond acceptors (Lipinski definition) is 7. The average Bonchev–Trinajstić information content (AvgIpc) is 3.27. The zero-order chi connectivity index (χ0) is 23.7. The Bertz CT molecular complexity index is 1240. The Labute approximate surface area is 200 Å². The van der Waals surface area contributed by atoms with Crippen LogP contribution in [0.1, 0.15) is 28.7 Å². The zero-order valence-electron chi connectivity index (χ0n) is 17.9. The molecule has 3 heterocycles. The maximum absolute atomic E-state index is 14.0. The van der Waals surface area contributed by atoms with Gasteiger partial charge in [-0.25, -0.2) is 15.2 Å². The van der Waals surface area contributed by atoms with Crippen molar-refractivity contribution < 1.29 is 13.9 Å². The largest absolute Gasteiger partial charge is 0.489 e. The number of hydrogen-bond donors (Lipinski definition) is 3. The molecule has 1 aromatic heterocycles. The number of nitrogens with two attached hydrogens (primary N) is 1. The Morgan fingerprint density at radius 1 is 1.09 bits per heavy atom. The Hall–Kier alpha value is -3.64. The van der Waals surface area contributed by atoms with Crippen molar-refractivity contribution >= 4 is 11.6 Å². The zero-order valence-corrected chi connectivity index (χ0v) is 18.7. The molecule has 0 radical (unpaired) electrons. The molecule has 34 heavy (non-hydrogen) atoms. The number of ether oxygens (including phenoxy) is 2. The lowest BCUT2D eigenvalue weighted by Crippen LogP contribution is -2.40. The van der Waals surface area contributed by atoms with E-state index in [1.807, 2.05) is 24.3 Å². The third-order valence-electron chi connectivity index (χ3n) is 6.20. The van der Waals surface area contributed by atoms with Crippen LogP contribution in [0.3, 0.4) is 0 Å². The van der Waals surface area contributed by atoms with Crippen LogP contribution in [0.15, 0.2) is 78.4 Å². The Morgan fingerprint density at radius 2 is 1.85 bits per heavy atom. The SMILES string of the molecule is N#CC1=C(N)OC2NNC(c3ccncc3)C2C1c1ccc(OCc2c(F)cccc2Cl)cc1. The summed E-state index contributed by atoms with van der Waals surface area (Å²) in [5.41, 5.74) is 15.1. The summed E-state index contributed by atoms with van der Waals surface area (Å²) in [6.07, 6.45) is 3.04. The molecule has 0 bridgehead atoms. The lowest BCUT2D eigenvalue weighted by Gasteiger charge is -2.36. The minimum atomic E-state index is -0.417. The van der Waals surface area contributed by atoms with Crippen LogP contribution in [0.5, 0.6) is 5.75 Å². The standard InChI is InChI=1S/C25H21ClFN5O2/c26-19-2-1-3-20(27)18(19)13-33-16-6-4-14(5-7-16)21-17(12-28)24(29)34-25-22(21)23(31-32-25)15-8-10-30-11-9-15/h1-11,21-23,25,31-32H,13,29H2. The number of rotatable bonds is 5. The molecule has 4 atom stereocenters. The van der Waals surface area contributed by atoms with Crippen molar-refractivity contribution in [1.29, 1.82) is 5.26 Å². The normalized spacial score (nSPS) is 23.7. The fraction of sp³-hybridized carbons (Fsp3) is 0.200. The van der Waals surface area contributed by atoms with Gasteiger partial charge in [0.15, 0.2) is 6.23 Å². The van der Waals surface area contributed by atoms with Gasteiger partial charge in [-0.3, -0.25) is 4.98 Å². The summed E-state index contributed by atoms with van der Waals surface area (Å²) in [5.74, 6) is -0.226. The van der Waals surface area contributed by atoms with Gasteiger partial charge in [0.25, 0.3) is 0 Å². The van der Waals surface area contributed by atoms with E-state index in [0.29, 0.717) is 21.9 Å². The highest BCUT2D eigenvalue weighted by molar-refractivity contribution is 6.31. The smallest absolute Gasteiger partial charge is 0.200 e. The molecule has 9 heteroatoms. The summed E-state index contributed by atoms with van der Waals surface area (Å²) in [7, 11) is 0. The minimum absolute atomic E-state index is 0.00107. The number of pyridine rings is 1. The molecule has 172 valence electrons. The van der Waals surface area contributed by atoms with Gasteiger partial charge in [-0.1, -0.05) is 29.8 Å². The van der Waals surface area contributed by atoms with E-state index in [9.17, 15) is 9.65 Å². The minimum Gasteiger partial charge on any atom is -0.489 e. The summed E-state index contributed by atoms with van der Waals surface area (Å²) in [5, 5.41) is 10.2. The Kier molecular flexibility index (Phi) is 6.07. The number of nitrogens with one attached hydrogen (secondary N) is 2. The number of hydrazine groups is 1. The molecule has 0 spiro atoms. The van der Waals surface area contributed by atoms with Crippen LogP contribution in [0, 0.1) is 23.1 Å². The third-order valence-corrected chi connectivity index (χ3v) is 6.55. The van der Waals surface area contributed by atoms with Gasteiger partial charge < -0.3 is 15.2 Å². The van der Waals surface area contributed by atoms with Gasteiger partial charge in [0.2, 0.25) is 5.88 Å². The van der Waals surface area contributed by atoms with Crippen LogP contribution in [-0.2, 0) is 11.3 Å². The Balaban J connectivity index is 1.43. The molecule has 2 aromatic carbocycles. The second-order valence-electron chi connectivity index (χ2n) is 8.09. The molecule has 0 aliphatic carbocycles. The maximum Gasteiger partial charge on any atom is 0.200 e. The van der Waals surface area contributed by atoms with E-state index in [0.717, 1.165) is 11.1 Å².